The normalized spacial score (nSPS) is 14.4. The highest BCUT2D eigenvalue weighted by atomic mass is 127. The molecule has 3 aromatic rings. The molecule has 1 aliphatic rings. The Balaban J connectivity index is 1.75. The molecule has 0 bridgehead atoms. The number of halogens is 7. The first kappa shape index (κ1) is 26.5. The van der Waals surface area contributed by atoms with Crippen LogP contribution < -0.4 is 14.5 Å². The summed E-state index contributed by atoms with van der Waals surface area (Å²) in [5.41, 5.74) is -0.774. The average Bonchev–Trinajstić information content (AvgIpc) is 3.14. The number of methoxy groups -OCH3 is 1. The number of nitrogens with zero attached hydrogens (tertiary/aromatic N) is 2. The van der Waals surface area contributed by atoms with Crippen LogP contribution in [0.25, 0.3) is 6.08 Å². The van der Waals surface area contributed by atoms with E-state index in [1.807, 2.05) is 22.6 Å². The predicted molar refractivity (Wildman–Crippen MR) is 131 cm³/mol. The molecule has 0 atom stereocenters. The highest BCUT2D eigenvalue weighted by Gasteiger charge is 2.37. The van der Waals surface area contributed by atoms with Crippen molar-refractivity contribution >= 4 is 46.0 Å². The minimum atomic E-state index is -2.35. The number of amides is 1. The molecule has 0 aliphatic carbocycles. The van der Waals surface area contributed by atoms with E-state index < -0.39 is 46.5 Å². The minimum Gasteiger partial charge on any atom is -0.493 e. The lowest BCUT2D eigenvalue weighted by atomic mass is 10.1. The van der Waals surface area contributed by atoms with Gasteiger partial charge in [0.05, 0.1) is 18.4 Å². The van der Waals surface area contributed by atoms with Crippen molar-refractivity contribution in [3.63, 3.8) is 0 Å². The van der Waals surface area contributed by atoms with Gasteiger partial charge in [0.2, 0.25) is 5.82 Å². The summed E-state index contributed by atoms with van der Waals surface area (Å²) < 4.78 is 94.8. The fourth-order valence-corrected chi connectivity index (χ4v) is 4.13. The summed E-state index contributed by atoms with van der Waals surface area (Å²) >= 11 is 1.99. The predicted octanol–water partition coefficient (Wildman–Crippen LogP) is 6.52. The highest BCUT2D eigenvalue weighted by Crippen LogP contribution is 2.38. The van der Waals surface area contributed by atoms with E-state index in [0.717, 1.165) is 0 Å². The molecule has 0 unspecified atom stereocenters. The number of hydrogen-bond acceptors (Lipinski definition) is 4. The number of hydrazone groups is 1. The summed E-state index contributed by atoms with van der Waals surface area (Å²) in [6.07, 6.45) is 1.30. The molecule has 0 aromatic heterocycles. The van der Waals surface area contributed by atoms with Gasteiger partial charge in [0, 0.05) is 9.13 Å². The second-order valence-corrected chi connectivity index (χ2v) is 8.97. The van der Waals surface area contributed by atoms with Crippen LogP contribution in [-0.2, 0) is 11.4 Å². The maximum absolute atomic E-state index is 14.3. The van der Waals surface area contributed by atoms with Crippen molar-refractivity contribution < 1.29 is 40.6 Å². The molecule has 0 saturated carbocycles. The molecule has 192 valence electrons. The fraction of sp³-hybridized carbons (Fsp3) is 0.120. The van der Waals surface area contributed by atoms with Gasteiger partial charge in [0.25, 0.3) is 5.91 Å². The zero-order valence-electron chi connectivity index (χ0n) is 19.0. The van der Waals surface area contributed by atoms with E-state index in [2.05, 4.69) is 5.10 Å². The van der Waals surface area contributed by atoms with Crippen LogP contribution in [0.15, 0.2) is 47.1 Å². The molecule has 4 rings (SSSR count). The first-order chi connectivity index (χ1) is 17.5. The molecular formula is C25H15F6IN2O3. The Morgan fingerprint density at radius 3 is 2.14 bits per heavy atom. The number of hydrogen-bond donors (Lipinski definition) is 0. The topological polar surface area (TPSA) is 51.1 Å². The van der Waals surface area contributed by atoms with E-state index in [-0.39, 0.29) is 34.4 Å². The smallest absolute Gasteiger partial charge is 0.280 e. The molecule has 37 heavy (non-hydrogen) atoms. The summed E-state index contributed by atoms with van der Waals surface area (Å²) in [5.74, 6) is -12.2. The van der Waals surface area contributed by atoms with E-state index in [1.165, 1.54) is 44.4 Å². The number of carbonyl (C=O) groups excluding carboxylic acids is 1. The largest absolute Gasteiger partial charge is 0.493 e. The van der Waals surface area contributed by atoms with Crippen LogP contribution in [0.3, 0.4) is 0 Å². The molecule has 12 heteroatoms. The van der Waals surface area contributed by atoms with Gasteiger partial charge in [-0.3, -0.25) is 4.79 Å². The van der Waals surface area contributed by atoms with Crippen LogP contribution in [0.2, 0.25) is 0 Å². The van der Waals surface area contributed by atoms with Crippen LogP contribution in [0.4, 0.5) is 32.0 Å². The van der Waals surface area contributed by atoms with Crippen LogP contribution in [0, 0.1) is 38.5 Å². The lowest BCUT2D eigenvalue weighted by Crippen LogP contribution is -2.25. The Bertz CT molecular complexity index is 1450. The second kappa shape index (κ2) is 10.4. The Kier molecular flexibility index (Phi) is 7.48. The van der Waals surface area contributed by atoms with Crippen molar-refractivity contribution in [2.75, 3.05) is 12.1 Å². The number of anilines is 1. The molecule has 0 spiro atoms. The average molecular weight is 632 g/mol. The molecule has 1 heterocycles. The summed E-state index contributed by atoms with van der Waals surface area (Å²) in [5, 5.41) is 3.86. The van der Waals surface area contributed by atoms with E-state index in [0.29, 0.717) is 14.7 Å². The maximum Gasteiger partial charge on any atom is 0.280 e. The fourth-order valence-electron chi connectivity index (χ4n) is 3.51. The van der Waals surface area contributed by atoms with Crippen LogP contribution in [0.5, 0.6) is 11.5 Å². The van der Waals surface area contributed by atoms with Crippen LogP contribution >= 0.6 is 22.6 Å². The van der Waals surface area contributed by atoms with Crippen molar-refractivity contribution in [3.05, 3.63) is 91.6 Å². The summed E-state index contributed by atoms with van der Waals surface area (Å²) in [4.78, 5) is 13.1. The standard InChI is InChI=1S/C25H15F6IN2O3/c1-11-16(25(35)34(33-11)23-21(30)19(28)18(27)20(29)22(23)31)8-13-7-15(32)9-17(36-2)24(13)37-10-12-3-5-14(26)6-4-12/h3-9H,10H2,1-2H3/b16-8-. The summed E-state index contributed by atoms with van der Waals surface area (Å²) in [6.45, 7) is 1.34. The van der Waals surface area contributed by atoms with Crippen molar-refractivity contribution in [1.29, 1.82) is 0 Å². The lowest BCUT2D eigenvalue weighted by Gasteiger charge is -2.16. The van der Waals surface area contributed by atoms with Crippen molar-refractivity contribution in [2.45, 2.75) is 13.5 Å². The lowest BCUT2D eigenvalue weighted by molar-refractivity contribution is -0.114. The molecular weight excluding hydrogens is 617 g/mol. The quantitative estimate of drug-likeness (QED) is 0.102. The van der Waals surface area contributed by atoms with Gasteiger partial charge in [-0.05, 0) is 65.4 Å². The number of rotatable bonds is 6. The van der Waals surface area contributed by atoms with E-state index >= 15 is 0 Å². The second-order valence-electron chi connectivity index (χ2n) is 7.72. The van der Waals surface area contributed by atoms with E-state index in [9.17, 15) is 31.1 Å². The van der Waals surface area contributed by atoms with Gasteiger partial charge >= 0.3 is 0 Å². The Morgan fingerprint density at radius 1 is 0.946 bits per heavy atom. The van der Waals surface area contributed by atoms with Crippen LogP contribution in [0.1, 0.15) is 18.1 Å². The van der Waals surface area contributed by atoms with Gasteiger partial charge in [-0.15, -0.1) is 0 Å². The van der Waals surface area contributed by atoms with E-state index in [1.54, 1.807) is 12.1 Å². The zero-order valence-corrected chi connectivity index (χ0v) is 21.2. The Labute approximate surface area is 220 Å². The SMILES string of the molecule is COc1cc(I)cc(/C=C2\C(=O)N(c3c(F)c(F)c(F)c(F)c3F)N=C2C)c1OCc1ccc(F)cc1. The number of carbonyl (C=O) groups is 1. The molecule has 0 saturated heterocycles. The third-order valence-corrected chi connectivity index (χ3v) is 5.95. The van der Waals surface area contributed by atoms with Crippen LogP contribution in [-0.4, -0.2) is 18.7 Å². The molecule has 5 nitrogen and oxygen atoms in total. The number of benzene rings is 3. The van der Waals surface area contributed by atoms with Gasteiger partial charge in [0.15, 0.2) is 34.8 Å². The summed E-state index contributed by atoms with van der Waals surface area (Å²) in [6, 6.07) is 8.84. The van der Waals surface area contributed by atoms with Crippen molar-refractivity contribution in [2.24, 2.45) is 5.10 Å². The monoisotopic (exact) mass is 632 g/mol. The molecule has 0 fully saturated rings. The third-order valence-electron chi connectivity index (χ3n) is 5.33. The maximum atomic E-state index is 14.3. The molecule has 1 aliphatic heterocycles. The van der Waals surface area contributed by atoms with Gasteiger partial charge in [-0.25, -0.2) is 26.3 Å². The molecule has 1 amide bonds. The molecule has 0 N–H and O–H groups in total. The van der Waals surface area contributed by atoms with Crippen molar-refractivity contribution in [1.82, 2.24) is 0 Å². The van der Waals surface area contributed by atoms with Gasteiger partial charge in [-0.1, -0.05) is 12.1 Å². The third kappa shape index (κ3) is 5.02. The van der Waals surface area contributed by atoms with E-state index in [4.69, 9.17) is 9.47 Å². The Hall–Kier alpha value is -3.55. The number of ether oxygens (including phenoxy) is 2. The Morgan fingerprint density at radius 2 is 1.54 bits per heavy atom. The van der Waals surface area contributed by atoms with Gasteiger partial charge in [0.1, 0.15) is 18.1 Å². The molecule has 3 aromatic carbocycles. The minimum absolute atomic E-state index is 0.00506. The highest BCUT2D eigenvalue weighted by molar-refractivity contribution is 14.1. The first-order valence-electron chi connectivity index (χ1n) is 10.4. The first-order valence-corrected chi connectivity index (χ1v) is 11.5. The summed E-state index contributed by atoms with van der Waals surface area (Å²) in [7, 11) is 1.39. The zero-order chi connectivity index (χ0) is 27.0. The molecule has 0 radical (unpaired) electrons. The van der Waals surface area contributed by atoms with Gasteiger partial charge < -0.3 is 9.47 Å². The van der Waals surface area contributed by atoms with Gasteiger partial charge in [-0.2, -0.15) is 10.1 Å². The van der Waals surface area contributed by atoms with Crippen molar-refractivity contribution in [3.8, 4) is 11.5 Å².